The van der Waals surface area contributed by atoms with Gasteiger partial charge in [0.2, 0.25) is 0 Å². The standard InChI is InChI=1S/C10H12O3/c1-5(11)8-6-2-3-7(4-6)9(8)10(12)13/h6-7,11H,1-4H2,(H,12,13)/t6-,7+/m1/s1. The first-order valence-corrected chi connectivity index (χ1v) is 4.47. The first-order valence-electron chi connectivity index (χ1n) is 4.47. The highest BCUT2D eigenvalue weighted by Crippen LogP contribution is 2.50. The van der Waals surface area contributed by atoms with Gasteiger partial charge in [0, 0.05) is 11.1 Å². The van der Waals surface area contributed by atoms with Crippen LogP contribution in [0.25, 0.3) is 0 Å². The molecule has 2 atom stereocenters. The highest BCUT2D eigenvalue weighted by molar-refractivity contribution is 5.90. The van der Waals surface area contributed by atoms with E-state index in [9.17, 15) is 9.90 Å². The van der Waals surface area contributed by atoms with E-state index in [1.165, 1.54) is 0 Å². The molecule has 0 unspecified atom stereocenters. The molecule has 0 spiro atoms. The number of carboxylic acids is 1. The van der Waals surface area contributed by atoms with Crippen LogP contribution in [0.4, 0.5) is 0 Å². The SMILES string of the molecule is C=C(O)C1=C(C(=O)O)[C@H]2CC[C@@H]1C2. The molecule has 0 heterocycles. The van der Waals surface area contributed by atoms with Crippen LogP contribution in [-0.4, -0.2) is 16.2 Å². The van der Waals surface area contributed by atoms with Gasteiger partial charge in [0.1, 0.15) is 5.76 Å². The molecule has 1 saturated carbocycles. The summed E-state index contributed by atoms with van der Waals surface area (Å²) in [6.07, 6.45) is 2.83. The van der Waals surface area contributed by atoms with Crippen LogP contribution in [0.1, 0.15) is 19.3 Å². The van der Waals surface area contributed by atoms with Crippen LogP contribution in [-0.2, 0) is 4.79 Å². The van der Waals surface area contributed by atoms with Crippen LogP contribution in [0.5, 0.6) is 0 Å². The van der Waals surface area contributed by atoms with Crippen molar-refractivity contribution in [3.63, 3.8) is 0 Å². The lowest BCUT2D eigenvalue weighted by Crippen LogP contribution is -2.12. The number of fused-ring (bicyclic) bond motifs is 2. The Morgan fingerprint density at radius 3 is 2.15 bits per heavy atom. The molecule has 1 fully saturated rings. The van der Waals surface area contributed by atoms with Gasteiger partial charge in [0.25, 0.3) is 0 Å². The van der Waals surface area contributed by atoms with E-state index in [1.54, 1.807) is 0 Å². The van der Waals surface area contributed by atoms with Crippen molar-refractivity contribution in [2.75, 3.05) is 0 Å². The van der Waals surface area contributed by atoms with Crippen LogP contribution in [0.3, 0.4) is 0 Å². The smallest absolute Gasteiger partial charge is 0.332 e. The molecule has 70 valence electrons. The molecule has 0 aromatic rings. The fraction of sp³-hybridized carbons (Fsp3) is 0.500. The lowest BCUT2D eigenvalue weighted by Gasteiger charge is -2.15. The Morgan fingerprint density at radius 1 is 1.23 bits per heavy atom. The van der Waals surface area contributed by atoms with E-state index in [0.717, 1.165) is 19.3 Å². The van der Waals surface area contributed by atoms with Gasteiger partial charge in [0.15, 0.2) is 0 Å². The predicted molar refractivity (Wildman–Crippen MR) is 47.3 cm³/mol. The predicted octanol–water partition coefficient (Wildman–Crippen LogP) is 1.87. The largest absolute Gasteiger partial charge is 0.508 e. The molecule has 0 radical (unpaired) electrons. The number of hydrogen-bond acceptors (Lipinski definition) is 2. The molecule has 13 heavy (non-hydrogen) atoms. The number of carboxylic acid groups (broad SMARTS) is 1. The van der Waals surface area contributed by atoms with E-state index in [4.69, 9.17) is 5.11 Å². The Balaban J connectivity index is 2.46. The van der Waals surface area contributed by atoms with Crippen molar-refractivity contribution in [1.29, 1.82) is 0 Å². The second kappa shape index (κ2) is 2.62. The summed E-state index contributed by atoms with van der Waals surface area (Å²) in [6, 6.07) is 0. The van der Waals surface area contributed by atoms with Crippen molar-refractivity contribution in [2.45, 2.75) is 19.3 Å². The van der Waals surface area contributed by atoms with E-state index in [2.05, 4.69) is 6.58 Å². The van der Waals surface area contributed by atoms with Crippen molar-refractivity contribution in [1.82, 2.24) is 0 Å². The molecule has 2 N–H and O–H groups in total. The van der Waals surface area contributed by atoms with Crippen molar-refractivity contribution < 1.29 is 15.0 Å². The van der Waals surface area contributed by atoms with Gasteiger partial charge in [-0.15, -0.1) is 0 Å². The minimum atomic E-state index is -0.891. The van der Waals surface area contributed by atoms with Crippen LogP contribution in [0.15, 0.2) is 23.5 Å². The number of carbonyl (C=O) groups is 1. The van der Waals surface area contributed by atoms with Crippen molar-refractivity contribution >= 4 is 5.97 Å². The molecular formula is C10H12O3. The second-order valence-electron chi connectivity index (χ2n) is 3.79. The molecule has 0 aromatic heterocycles. The van der Waals surface area contributed by atoms with Gasteiger partial charge in [-0.2, -0.15) is 0 Å². The number of rotatable bonds is 2. The molecule has 0 saturated heterocycles. The van der Waals surface area contributed by atoms with Gasteiger partial charge in [-0.25, -0.2) is 4.79 Å². The summed E-state index contributed by atoms with van der Waals surface area (Å²) in [5, 5.41) is 18.2. The first kappa shape index (κ1) is 8.35. The van der Waals surface area contributed by atoms with Crippen molar-refractivity contribution in [3.05, 3.63) is 23.5 Å². The minimum absolute atomic E-state index is 0.0513. The second-order valence-corrected chi connectivity index (χ2v) is 3.79. The van der Waals surface area contributed by atoms with Gasteiger partial charge in [-0.3, -0.25) is 0 Å². The normalized spacial score (nSPS) is 31.1. The summed E-state index contributed by atoms with van der Waals surface area (Å²) < 4.78 is 0. The lowest BCUT2D eigenvalue weighted by atomic mass is 9.91. The number of aliphatic hydroxyl groups is 1. The third-order valence-corrected chi connectivity index (χ3v) is 3.08. The molecule has 0 amide bonds. The highest BCUT2D eigenvalue weighted by Gasteiger charge is 2.42. The average molecular weight is 180 g/mol. The van der Waals surface area contributed by atoms with E-state index in [-0.39, 0.29) is 17.6 Å². The molecule has 0 aliphatic heterocycles. The third-order valence-electron chi connectivity index (χ3n) is 3.08. The maximum Gasteiger partial charge on any atom is 0.332 e. The fourth-order valence-electron chi connectivity index (χ4n) is 2.63. The Labute approximate surface area is 76.4 Å². The van der Waals surface area contributed by atoms with E-state index in [0.29, 0.717) is 11.1 Å². The van der Waals surface area contributed by atoms with Crippen LogP contribution >= 0.6 is 0 Å². The van der Waals surface area contributed by atoms with E-state index < -0.39 is 5.97 Å². The summed E-state index contributed by atoms with van der Waals surface area (Å²) in [5.74, 6) is -0.544. The monoisotopic (exact) mass is 180 g/mol. The van der Waals surface area contributed by atoms with Gasteiger partial charge >= 0.3 is 5.97 Å². The minimum Gasteiger partial charge on any atom is -0.508 e. The van der Waals surface area contributed by atoms with E-state index >= 15 is 0 Å². The maximum absolute atomic E-state index is 10.9. The summed E-state index contributed by atoms with van der Waals surface area (Å²) in [7, 11) is 0. The number of hydrogen-bond donors (Lipinski definition) is 2. The average Bonchev–Trinajstić information content (AvgIpc) is 2.60. The van der Waals surface area contributed by atoms with Crippen molar-refractivity contribution in [3.8, 4) is 0 Å². The Bertz CT molecular complexity index is 284. The molecular weight excluding hydrogens is 168 g/mol. The lowest BCUT2D eigenvalue weighted by molar-refractivity contribution is -0.133. The van der Waals surface area contributed by atoms with Crippen LogP contribution < -0.4 is 0 Å². The molecule has 3 nitrogen and oxygen atoms in total. The Kier molecular flexibility index (Phi) is 1.68. The van der Waals surface area contributed by atoms with Crippen LogP contribution in [0.2, 0.25) is 0 Å². The third kappa shape index (κ3) is 1.07. The zero-order chi connectivity index (χ0) is 9.59. The summed E-state index contributed by atoms with van der Waals surface area (Å²) in [4.78, 5) is 10.9. The maximum atomic E-state index is 10.9. The van der Waals surface area contributed by atoms with Crippen molar-refractivity contribution in [2.24, 2.45) is 11.8 Å². The molecule has 2 bridgehead atoms. The van der Waals surface area contributed by atoms with Gasteiger partial charge in [0.05, 0.1) is 0 Å². The summed E-state index contributed by atoms with van der Waals surface area (Å²) in [5.41, 5.74) is 1.01. The highest BCUT2D eigenvalue weighted by atomic mass is 16.4. The van der Waals surface area contributed by atoms with Gasteiger partial charge in [-0.05, 0) is 31.1 Å². The molecule has 0 aromatic carbocycles. The van der Waals surface area contributed by atoms with Crippen LogP contribution in [0, 0.1) is 11.8 Å². The fourth-order valence-corrected chi connectivity index (χ4v) is 2.63. The number of allylic oxidation sites excluding steroid dienone is 1. The quantitative estimate of drug-likeness (QED) is 0.638. The molecule has 2 rings (SSSR count). The Hall–Kier alpha value is -1.25. The van der Waals surface area contributed by atoms with E-state index in [1.807, 2.05) is 0 Å². The molecule has 2 aliphatic carbocycles. The first-order chi connectivity index (χ1) is 6.11. The summed E-state index contributed by atoms with van der Waals surface area (Å²) >= 11 is 0. The molecule has 3 heteroatoms. The van der Waals surface area contributed by atoms with Gasteiger partial charge < -0.3 is 10.2 Å². The zero-order valence-electron chi connectivity index (χ0n) is 7.29. The number of aliphatic hydroxyl groups excluding tert-OH is 1. The number of aliphatic carboxylic acids is 1. The molecule has 2 aliphatic rings. The Morgan fingerprint density at radius 2 is 1.77 bits per heavy atom. The zero-order valence-corrected chi connectivity index (χ0v) is 7.29. The topological polar surface area (TPSA) is 57.5 Å². The van der Waals surface area contributed by atoms with Gasteiger partial charge in [-0.1, -0.05) is 6.58 Å². The summed E-state index contributed by atoms with van der Waals surface area (Å²) in [6.45, 7) is 3.42.